The first-order chi connectivity index (χ1) is 5.58. The number of nitrogen functional groups attached to an aromatic ring is 2. The van der Waals surface area contributed by atoms with Gasteiger partial charge in [-0.25, -0.2) is 0 Å². The minimum atomic E-state index is -0.542. The summed E-state index contributed by atoms with van der Waals surface area (Å²) in [4.78, 5) is 21.3. The Balaban J connectivity index is 2.93. The summed E-state index contributed by atoms with van der Waals surface area (Å²) in [7, 11) is 0. The number of anilines is 2. The number of nitrogens with zero attached hydrogens (tertiary/aromatic N) is 3. The molecule has 0 bridgehead atoms. The smallest absolute Gasteiger partial charge is 0.225 e. The fourth-order valence-corrected chi connectivity index (χ4v) is 0.692. The molecular weight excluding hydrogens is 160 g/mol. The number of rotatable bonds is 2. The highest BCUT2D eigenvalue weighted by Gasteiger charge is 2.04. The van der Waals surface area contributed by atoms with Gasteiger partial charge in [-0.1, -0.05) is 0 Å². The molecule has 0 aliphatic rings. The highest BCUT2D eigenvalue weighted by molar-refractivity contribution is 5.75. The number of primary amides is 1. The first-order valence-corrected chi connectivity index (χ1v) is 3.12. The Labute approximate surface area is 68.0 Å². The van der Waals surface area contributed by atoms with Gasteiger partial charge in [-0.3, -0.25) is 4.79 Å². The number of carbonyl (C=O) groups excluding carboxylic acids is 1. The second-order valence-electron chi connectivity index (χ2n) is 2.11. The molecule has 0 saturated heterocycles. The monoisotopic (exact) mass is 168 g/mol. The van der Waals surface area contributed by atoms with Crippen molar-refractivity contribution in [2.24, 2.45) is 5.73 Å². The zero-order valence-electron chi connectivity index (χ0n) is 6.19. The lowest BCUT2D eigenvalue weighted by Gasteiger charge is -1.98. The number of nitrogens with two attached hydrogens (primary N) is 3. The highest BCUT2D eigenvalue weighted by Crippen LogP contribution is 1.98. The van der Waals surface area contributed by atoms with Crippen molar-refractivity contribution in [3.8, 4) is 0 Å². The fraction of sp³-hybridized carbons (Fsp3) is 0.200. The van der Waals surface area contributed by atoms with Crippen molar-refractivity contribution in [3.05, 3.63) is 5.82 Å². The van der Waals surface area contributed by atoms with Crippen LogP contribution in [0.5, 0.6) is 0 Å². The maximum atomic E-state index is 10.4. The van der Waals surface area contributed by atoms with Crippen LogP contribution in [0.3, 0.4) is 0 Å². The molecule has 7 heteroatoms. The third-order valence-corrected chi connectivity index (χ3v) is 1.05. The lowest BCUT2D eigenvalue weighted by Crippen LogP contribution is -2.17. The Kier molecular flexibility index (Phi) is 2.04. The van der Waals surface area contributed by atoms with E-state index in [1.807, 2.05) is 0 Å². The van der Waals surface area contributed by atoms with E-state index < -0.39 is 5.91 Å². The van der Waals surface area contributed by atoms with E-state index in [2.05, 4.69) is 15.0 Å². The molecule has 12 heavy (non-hydrogen) atoms. The number of aromatic nitrogens is 3. The normalized spacial score (nSPS) is 9.67. The van der Waals surface area contributed by atoms with E-state index in [-0.39, 0.29) is 24.1 Å². The van der Waals surface area contributed by atoms with Gasteiger partial charge >= 0.3 is 0 Å². The first-order valence-electron chi connectivity index (χ1n) is 3.12. The van der Waals surface area contributed by atoms with Crippen LogP contribution in [0.15, 0.2) is 0 Å². The summed E-state index contributed by atoms with van der Waals surface area (Å²) in [5.41, 5.74) is 15.4. The van der Waals surface area contributed by atoms with Gasteiger partial charge < -0.3 is 17.2 Å². The van der Waals surface area contributed by atoms with E-state index >= 15 is 0 Å². The molecule has 0 aromatic carbocycles. The van der Waals surface area contributed by atoms with Crippen LogP contribution < -0.4 is 17.2 Å². The van der Waals surface area contributed by atoms with Crippen LogP contribution in [0.4, 0.5) is 11.9 Å². The SMILES string of the molecule is NC(=O)Cc1nc(N)nc(N)n1. The number of hydrogen-bond acceptors (Lipinski definition) is 6. The van der Waals surface area contributed by atoms with Crippen molar-refractivity contribution >= 4 is 17.8 Å². The van der Waals surface area contributed by atoms with Crippen molar-refractivity contribution < 1.29 is 4.79 Å². The Morgan fingerprint density at radius 1 is 1.17 bits per heavy atom. The third-order valence-electron chi connectivity index (χ3n) is 1.05. The van der Waals surface area contributed by atoms with Crippen LogP contribution >= 0.6 is 0 Å². The zero-order chi connectivity index (χ0) is 9.14. The predicted octanol–water partition coefficient (Wildman–Crippen LogP) is -1.94. The van der Waals surface area contributed by atoms with E-state index in [4.69, 9.17) is 17.2 Å². The number of hydrogen-bond donors (Lipinski definition) is 3. The Morgan fingerprint density at radius 2 is 1.67 bits per heavy atom. The standard InChI is InChI=1S/C5H8N6O/c6-2(12)1-3-9-4(7)11-5(8)10-3/h1H2,(H2,6,12)(H4,7,8,9,10,11). The van der Waals surface area contributed by atoms with Crippen LogP contribution in [0, 0.1) is 0 Å². The Morgan fingerprint density at radius 3 is 2.08 bits per heavy atom. The largest absolute Gasteiger partial charge is 0.369 e. The predicted molar refractivity (Wildman–Crippen MR) is 41.6 cm³/mol. The van der Waals surface area contributed by atoms with E-state index in [1.54, 1.807) is 0 Å². The van der Waals surface area contributed by atoms with Gasteiger partial charge in [0, 0.05) is 0 Å². The van der Waals surface area contributed by atoms with E-state index in [9.17, 15) is 4.79 Å². The molecule has 1 amide bonds. The molecule has 1 rings (SSSR count). The van der Waals surface area contributed by atoms with Crippen LogP contribution in [-0.4, -0.2) is 20.9 Å². The molecule has 64 valence electrons. The number of amides is 1. The average Bonchev–Trinajstić information content (AvgIpc) is 1.81. The summed E-state index contributed by atoms with van der Waals surface area (Å²) < 4.78 is 0. The lowest BCUT2D eigenvalue weighted by atomic mass is 10.4. The van der Waals surface area contributed by atoms with Crippen molar-refractivity contribution in [3.63, 3.8) is 0 Å². The second kappa shape index (κ2) is 2.99. The summed E-state index contributed by atoms with van der Waals surface area (Å²) >= 11 is 0. The van der Waals surface area contributed by atoms with Gasteiger partial charge in [0.05, 0.1) is 6.42 Å². The van der Waals surface area contributed by atoms with Gasteiger partial charge in [0.25, 0.3) is 0 Å². The molecule has 0 spiro atoms. The van der Waals surface area contributed by atoms with Gasteiger partial charge in [-0.15, -0.1) is 0 Å². The molecule has 7 nitrogen and oxygen atoms in total. The molecule has 0 aliphatic carbocycles. The molecule has 0 aliphatic heterocycles. The summed E-state index contributed by atoms with van der Waals surface area (Å²) in [6.07, 6.45) is -0.0864. The van der Waals surface area contributed by atoms with Crippen LogP contribution in [0.25, 0.3) is 0 Å². The van der Waals surface area contributed by atoms with E-state index in [0.29, 0.717) is 0 Å². The minimum absolute atomic E-state index is 0.0150. The molecule has 1 aromatic heterocycles. The van der Waals surface area contributed by atoms with Gasteiger partial charge in [-0.05, 0) is 0 Å². The minimum Gasteiger partial charge on any atom is -0.369 e. The zero-order valence-corrected chi connectivity index (χ0v) is 6.19. The topological polar surface area (TPSA) is 134 Å². The molecule has 0 fully saturated rings. The van der Waals surface area contributed by atoms with Gasteiger partial charge in [0.15, 0.2) is 0 Å². The molecule has 0 radical (unpaired) electrons. The molecular formula is C5H8N6O. The summed E-state index contributed by atoms with van der Waals surface area (Å²) in [5.74, 6) is -0.384. The maximum Gasteiger partial charge on any atom is 0.225 e. The van der Waals surface area contributed by atoms with Crippen molar-refractivity contribution in [2.45, 2.75) is 6.42 Å². The molecule has 1 aromatic rings. The van der Waals surface area contributed by atoms with Crippen LogP contribution in [0.2, 0.25) is 0 Å². The quantitative estimate of drug-likeness (QED) is 0.470. The van der Waals surface area contributed by atoms with Crippen molar-refractivity contribution in [1.82, 2.24) is 15.0 Å². The highest BCUT2D eigenvalue weighted by atomic mass is 16.1. The number of carbonyl (C=O) groups is 1. The summed E-state index contributed by atoms with van der Waals surface area (Å²) in [6.45, 7) is 0. The van der Waals surface area contributed by atoms with E-state index in [0.717, 1.165) is 0 Å². The lowest BCUT2D eigenvalue weighted by molar-refractivity contribution is -0.117. The molecule has 6 N–H and O–H groups in total. The first kappa shape index (κ1) is 8.18. The Bertz CT molecular complexity index is 291. The van der Waals surface area contributed by atoms with Crippen LogP contribution in [-0.2, 0) is 11.2 Å². The van der Waals surface area contributed by atoms with Crippen molar-refractivity contribution in [2.75, 3.05) is 11.5 Å². The average molecular weight is 168 g/mol. The second-order valence-corrected chi connectivity index (χ2v) is 2.11. The van der Waals surface area contributed by atoms with Gasteiger partial charge in [-0.2, -0.15) is 15.0 Å². The summed E-state index contributed by atoms with van der Waals surface area (Å²) in [5, 5.41) is 0. The molecule has 0 saturated carbocycles. The Hall–Kier alpha value is -1.92. The maximum absolute atomic E-state index is 10.4. The molecule has 0 atom stereocenters. The van der Waals surface area contributed by atoms with Gasteiger partial charge in [0.1, 0.15) is 5.82 Å². The van der Waals surface area contributed by atoms with Crippen molar-refractivity contribution in [1.29, 1.82) is 0 Å². The van der Waals surface area contributed by atoms with Gasteiger partial charge in [0.2, 0.25) is 17.8 Å². The van der Waals surface area contributed by atoms with Crippen LogP contribution in [0.1, 0.15) is 5.82 Å². The fourth-order valence-electron chi connectivity index (χ4n) is 0.692. The summed E-state index contributed by atoms with van der Waals surface area (Å²) in [6, 6.07) is 0. The van der Waals surface area contributed by atoms with E-state index in [1.165, 1.54) is 0 Å². The third kappa shape index (κ3) is 2.04. The molecule has 0 unspecified atom stereocenters. The molecule has 1 heterocycles.